The lowest BCUT2D eigenvalue weighted by atomic mass is 10.0. The van der Waals surface area contributed by atoms with Crippen LogP contribution >= 0.6 is 0 Å². The molecule has 0 heterocycles. The van der Waals surface area contributed by atoms with Gasteiger partial charge in [0.05, 0.1) is 0 Å². The van der Waals surface area contributed by atoms with Gasteiger partial charge in [0, 0.05) is 19.3 Å². The molecule has 0 aromatic carbocycles. The van der Waals surface area contributed by atoms with E-state index in [1.165, 1.54) is 128 Å². The van der Waals surface area contributed by atoms with E-state index in [0.717, 1.165) is 70.6 Å². The van der Waals surface area contributed by atoms with Gasteiger partial charge in [-0.15, -0.1) is 0 Å². The fourth-order valence-electron chi connectivity index (χ4n) is 6.38. The summed E-state index contributed by atoms with van der Waals surface area (Å²) in [6.07, 6.45) is 42.2. The van der Waals surface area contributed by atoms with E-state index in [4.69, 9.17) is 14.2 Å². The first kappa shape index (κ1) is 49.1. The van der Waals surface area contributed by atoms with Crippen LogP contribution in [0.2, 0.25) is 0 Å². The molecule has 0 aliphatic rings. The third-order valence-electron chi connectivity index (χ3n) is 9.77. The van der Waals surface area contributed by atoms with Crippen molar-refractivity contribution in [1.29, 1.82) is 0 Å². The van der Waals surface area contributed by atoms with Crippen molar-refractivity contribution < 1.29 is 28.6 Å². The van der Waals surface area contributed by atoms with E-state index in [9.17, 15) is 14.4 Å². The van der Waals surface area contributed by atoms with Crippen molar-refractivity contribution >= 4 is 17.9 Å². The summed E-state index contributed by atoms with van der Waals surface area (Å²) in [4.78, 5) is 37.4. The van der Waals surface area contributed by atoms with Gasteiger partial charge in [-0.2, -0.15) is 0 Å². The maximum atomic E-state index is 12.6. The number of carbonyl (C=O) groups excluding carboxylic acids is 3. The van der Waals surface area contributed by atoms with Crippen molar-refractivity contribution in [3.63, 3.8) is 0 Å². The molecule has 0 aromatic heterocycles. The van der Waals surface area contributed by atoms with Crippen LogP contribution in [-0.2, 0) is 28.6 Å². The molecule has 0 N–H and O–H groups in total. The molecule has 0 radical (unpaired) electrons. The normalized spacial score (nSPS) is 12.0. The van der Waals surface area contributed by atoms with Gasteiger partial charge in [0.15, 0.2) is 6.10 Å². The maximum Gasteiger partial charge on any atom is 0.306 e. The van der Waals surface area contributed by atoms with Crippen LogP contribution in [-0.4, -0.2) is 37.2 Å². The lowest BCUT2D eigenvalue weighted by molar-refractivity contribution is -0.167. The van der Waals surface area contributed by atoms with Gasteiger partial charge in [0.25, 0.3) is 0 Å². The first-order chi connectivity index (χ1) is 25.0. The Kier molecular flexibility index (Phi) is 39.4. The van der Waals surface area contributed by atoms with Gasteiger partial charge in [0.2, 0.25) is 0 Å². The molecule has 0 rings (SSSR count). The molecule has 6 heteroatoms. The van der Waals surface area contributed by atoms with E-state index in [-0.39, 0.29) is 31.1 Å². The molecule has 0 spiro atoms. The minimum atomic E-state index is -0.762. The minimum Gasteiger partial charge on any atom is -0.462 e. The largest absolute Gasteiger partial charge is 0.462 e. The Balaban J connectivity index is 4.22. The van der Waals surface area contributed by atoms with Crippen molar-refractivity contribution in [3.05, 3.63) is 12.2 Å². The molecule has 0 saturated carbocycles. The molecular weight excluding hydrogens is 636 g/mol. The highest BCUT2D eigenvalue weighted by Gasteiger charge is 2.19. The van der Waals surface area contributed by atoms with Crippen LogP contribution in [0, 0.1) is 0 Å². The highest BCUT2D eigenvalue weighted by molar-refractivity contribution is 5.71. The Morgan fingerprint density at radius 1 is 0.373 bits per heavy atom. The quantitative estimate of drug-likeness (QED) is 0.0271. The van der Waals surface area contributed by atoms with Gasteiger partial charge >= 0.3 is 17.9 Å². The monoisotopic (exact) mass is 721 g/mol. The van der Waals surface area contributed by atoms with Crippen molar-refractivity contribution in [2.24, 2.45) is 0 Å². The van der Waals surface area contributed by atoms with Crippen LogP contribution in [0.4, 0.5) is 0 Å². The molecule has 0 fully saturated rings. The van der Waals surface area contributed by atoms with E-state index < -0.39 is 6.10 Å². The van der Waals surface area contributed by atoms with E-state index in [1.54, 1.807) is 0 Å². The number of allylic oxidation sites excluding steroid dienone is 2. The van der Waals surface area contributed by atoms with E-state index in [2.05, 4.69) is 32.9 Å². The van der Waals surface area contributed by atoms with Crippen molar-refractivity contribution in [2.45, 2.75) is 245 Å². The molecular formula is C45H84O6. The zero-order valence-corrected chi connectivity index (χ0v) is 34.1. The topological polar surface area (TPSA) is 78.9 Å². The Morgan fingerprint density at radius 3 is 0.980 bits per heavy atom. The Bertz CT molecular complexity index is 794. The second-order valence-corrected chi connectivity index (χ2v) is 15.0. The van der Waals surface area contributed by atoms with Crippen LogP contribution in [0.5, 0.6) is 0 Å². The van der Waals surface area contributed by atoms with Gasteiger partial charge in [0.1, 0.15) is 13.2 Å². The van der Waals surface area contributed by atoms with E-state index in [1.807, 2.05) is 0 Å². The first-order valence-corrected chi connectivity index (χ1v) is 22.2. The van der Waals surface area contributed by atoms with Gasteiger partial charge < -0.3 is 14.2 Å². The van der Waals surface area contributed by atoms with Crippen LogP contribution in [0.3, 0.4) is 0 Å². The second-order valence-electron chi connectivity index (χ2n) is 15.0. The number of carbonyl (C=O) groups is 3. The molecule has 0 aliphatic heterocycles. The third kappa shape index (κ3) is 39.2. The van der Waals surface area contributed by atoms with Crippen LogP contribution in [0.1, 0.15) is 239 Å². The van der Waals surface area contributed by atoms with Crippen molar-refractivity contribution in [3.8, 4) is 0 Å². The summed E-state index contributed by atoms with van der Waals surface area (Å²) in [6, 6.07) is 0. The second kappa shape index (κ2) is 40.9. The number of ether oxygens (including phenoxy) is 3. The van der Waals surface area contributed by atoms with Crippen molar-refractivity contribution in [1.82, 2.24) is 0 Å². The maximum absolute atomic E-state index is 12.6. The predicted octanol–water partition coefficient (Wildman–Crippen LogP) is 13.9. The zero-order valence-electron chi connectivity index (χ0n) is 34.1. The average molecular weight is 721 g/mol. The van der Waals surface area contributed by atoms with Crippen LogP contribution in [0.15, 0.2) is 12.2 Å². The van der Waals surface area contributed by atoms with Crippen LogP contribution in [0.25, 0.3) is 0 Å². The molecule has 0 saturated heterocycles. The number of unbranched alkanes of at least 4 members (excludes halogenated alkanes) is 27. The molecule has 0 aliphatic carbocycles. The summed E-state index contributed by atoms with van der Waals surface area (Å²) < 4.78 is 16.6. The zero-order chi connectivity index (χ0) is 37.3. The van der Waals surface area contributed by atoms with E-state index in [0.29, 0.717) is 19.3 Å². The summed E-state index contributed by atoms with van der Waals surface area (Å²) in [5.41, 5.74) is 0. The highest BCUT2D eigenvalue weighted by atomic mass is 16.6. The van der Waals surface area contributed by atoms with Gasteiger partial charge in [-0.05, 0) is 44.9 Å². The fourth-order valence-corrected chi connectivity index (χ4v) is 6.38. The summed E-state index contributed by atoms with van der Waals surface area (Å²) in [7, 11) is 0. The summed E-state index contributed by atoms with van der Waals surface area (Å²) >= 11 is 0. The van der Waals surface area contributed by atoms with Gasteiger partial charge in [-0.1, -0.05) is 187 Å². The summed E-state index contributed by atoms with van der Waals surface area (Å²) in [5, 5.41) is 0. The fraction of sp³-hybridized carbons (Fsp3) is 0.889. The smallest absolute Gasteiger partial charge is 0.306 e. The molecule has 1 atom stereocenters. The lowest BCUT2D eigenvalue weighted by Gasteiger charge is -2.18. The van der Waals surface area contributed by atoms with Gasteiger partial charge in [-0.25, -0.2) is 0 Å². The minimum absolute atomic E-state index is 0.0706. The molecule has 6 nitrogen and oxygen atoms in total. The van der Waals surface area contributed by atoms with E-state index >= 15 is 0 Å². The number of hydrogen-bond acceptors (Lipinski definition) is 6. The lowest BCUT2D eigenvalue weighted by Crippen LogP contribution is -2.30. The molecule has 0 aromatic rings. The molecule has 0 amide bonds. The molecule has 0 bridgehead atoms. The number of hydrogen-bond donors (Lipinski definition) is 0. The Labute approximate surface area is 316 Å². The first-order valence-electron chi connectivity index (χ1n) is 22.2. The van der Waals surface area contributed by atoms with Crippen molar-refractivity contribution in [2.75, 3.05) is 13.2 Å². The molecule has 51 heavy (non-hydrogen) atoms. The number of rotatable bonds is 40. The third-order valence-corrected chi connectivity index (χ3v) is 9.77. The summed E-state index contributed by atoms with van der Waals surface area (Å²) in [5.74, 6) is -0.886. The standard InChI is InChI=1S/C45H84O6/c1-4-7-10-13-15-17-19-21-23-25-27-29-32-35-38-44(47)50-41-42(40-49-43(46)37-34-31-12-9-6-3)51-45(48)39-36-33-30-28-26-24-22-20-18-16-14-11-8-5-2/h19,21,42H,4-18,20,22-41H2,1-3H3/b21-19-. The Morgan fingerprint density at radius 2 is 0.647 bits per heavy atom. The van der Waals surface area contributed by atoms with Crippen LogP contribution < -0.4 is 0 Å². The van der Waals surface area contributed by atoms with Gasteiger partial charge in [-0.3, -0.25) is 14.4 Å². The predicted molar refractivity (Wildman–Crippen MR) is 215 cm³/mol. The SMILES string of the molecule is CCCCCCC/C=C\CCCCCCCC(=O)OCC(COC(=O)CCCCCCC)OC(=O)CCCCCCCCCCCCCCCC. The highest BCUT2D eigenvalue weighted by Crippen LogP contribution is 2.15. The number of esters is 3. The molecule has 300 valence electrons. The Hall–Kier alpha value is -1.85. The molecule has 1 unspecified atom stereocenters. The summed E-state index contributed by atoms with van der Waals surface area (Å²) in [6.45, 7) is 6.54. The average Bonchev–Trinajstić information content (AvgIpc) is 3.12.